The van der Waals surface area contributed by atoms with Crippen LogP contribution in [0.2, 0.25) is 0 Å². The minimum Gasteiger partial charge on any atom is -0.351 e. The second-order valence-electron chi connectivity index (χ2n) is 4.69. The van der Waals surface area contributed by atoms with E-state index in [1.807, 2.05) is 35.6 Å². The van der Waals surface area contributed by atoms with Gasteiger partial charge < -0.3 is 5.73 Å². The summed E-state index contributed by atoms with van der Waals surface area (Å²) in [6.07, 6.45) is 0. The number of halogens is 1. The Hall–Kier alpha value is -2.73. The summed E-state index contributed by atoms with van der Waals surface area (Å²) in [6, 6.07) is 14.2. The number of nitrogens with one attached hydrogen (secondary N) is 2. The predicted octanol–water partition coefficient (Wildman–Crippen LogP) is 1.70. The third-order valence-electron chi connectivity index (χ3n) is 3.07. The molecule has 2 aromatic carbocycles. The van der Waals surface area contributed by atoms with Gasteiger partial charge in [-0.15, -0.1) is 0 Å². The molecule has 0 fully saturated rings. The Kier molecular flexibility index (Phi) is 5.21. The van der Waals surface area contributed by atoms with Gasteiger partial charge in [0.25, 0.3) is 0 Å². The molecule has 0 spiro atoms. The van der Waals surface area contributed by atoms with Crippen LogP contribution in [-0.2, 0) is 4.79 Å². The van der Waals surface area contributed by atoms with Crippen molar-refractivity contribution in [3.05, 3.63) is 71.5 Å². The van der Waals surface area contributed by atoms with Crippen molar-refractivity contribution in [2.24, 2.45) is 5.73 Å². The van der Waals surface area contributed by atoms with Crippen LogP contribution in [0.15, 0.2) is 54.6 Å². The molecule has 2 aromatic rings. The lowest BCUT2D eigenvalue weighted by Crippen LogP contribution is -2.41. The fraction of sp³-hybridized carbons (Fsp3) is 0.125. The Morgan fingerprint density at radius 2 is 1.59 bits per heavy atom. The van der Waals surface area contributed by atoms with Crippen molar-refractivity contribution in [1.29, 1.82) is 0 Å². The molecular weight excluding hydrogens is 285 g/mol. The summed E-state index contributed by atoms with van der Waals surface area (Å²) in [5, 5.41) is 5.02. The summed E-state index contributed by atoms with van der Waals surface area (Å²) < 4.78 is 13.1. The molecule has 0 aliphatic heterocycles. The molecule has 0 aromatic heterocycles. The van der Waals surface area contributed by atoms with Gasteiger partial charge >= 0.3 is 6.03 Å². The van der Waals surface area contributed by atoms with Crippen LogP contribution in [0.1, 0.15) is 17.2 Å². The van der Waals surface area contributed by atoms with Gasteiger partial charge in [-0.05, 0) is 23.3 Å². The van der Waals surface area contributed by atoms with E-state index in [9.17, 15) is 14.0 Å². The highest BCUT2D eigenvalue weighted by Gasteiger charge is 2.15. The van der Waals surface area contributed by atoms with Crippen LogP contribution in [0.4, 0.5) is 9.18 Å². The van der Waals surface area contributed by atoms with Crippen LogP contribution in [0.5, 0.6) is 0 Å². The molecule has 5 nitrogen and oxygen atoms in total. The smallest absolute Gasteiger partial charge is 0.318 e. The lowest BCUT2D eigenvalue weighted by molar-refractivity contribution is -0.119. The molecule has 6 heteroatoms. The minimum absolute atomic E-state index is 0.0973. The van der Waals surface area contributed by atoms with Gasteiger partial charge in [0.05, 0.1) is 12.6 Å². The standard InChI is InChI=1S/C16H16FN3O2/c17-13-8-6-12(7-9-13)15(11-4-2-1-3-5-11)19-10-14(21)20-16(18)22/h1-9,15,19H,10H2,(H3,18,20,21,22)/t15-/m0/s1. The lowest BCUT2D eigenvalue weighted by Gasteiger charge is -2.19. The maximum absolute atomic E-state index is 13.1. The number of amides is 3. The Bertz CT molecular complexity index is 644. The van der Waals surface area contributed by atoms with Crippen molar-refractivity contribution in [3.63, 3.8) is 0 Å². The van der Waals surface area contributed by atoms with E-state index in [1.165, 1.54) is 12.1 Å². The van der Waals surface area contributed by atoms with Gasteiger partial charge in [0, 0.05) is 0 Å². The van der Waals surface area contributed by atoms with Crippen molar-refractivity contribution in [2.75, 3.05) is 6.54 Å². The van der Waals surface area contributed by atoms with Crippen LogP contribution < -0.4 is 16.4 Å². The molecule has 3 amide bonds. The number of carbonyl (C=O) groups is 2. The van der Waals surface area contributed by atoms with Gasteiger partial charge in [-0.3, -0.25) is 15.4 Å². The van der Waals surface area contributed by atoms with Crippen molar-refractivity contribution >= 4 is 11.9 Å². The summed E-state index contributed by atoms with van der Waals surface area (Å²) in [7, 11) is 0. The summed E-state index contributed by atoms with van der Waals surface area (Å²) in [5.74, 6) is -0.863. The van der Waals surface area contributed by atoms with Crippen molar-refractivity contribution in [1.82, 2.24) is 10.6 Å². The number of hydrogen-bond acceptors (Lipinski definition) is 3. The Morgan fingerprint density at radius 3 is 2.18 bits per heavy atom. The zero-order valence-electron chi connectivity index (χ0n) is 11.8. The average molecular weight is 301 g/mol. The largest absolute Gasteiger partial charge is 0.351 e. The number of urea groups is 1. The van der Waals surface area contributed by atoms with E-state index in [0.29, 0.717) is 0 Å². The summed E-state index contributed by atoms with van der Waals surface area (Å²) in [5.41, 5.74) is 6.62. The number of primary amides is 1. The van der Waals surface area contributed by atoms with E-state index >= 15 is 0 Å². The predicted molar refractivity (Wildman–Crippen MR) is 80.4 cm³/mol. The quantitative estimate of drug-likeness (QED) is 0.786. The molecule has 0 aliphatic rings. The number of rotatable bonds is 5. The average Bonchev–Trinajstić information content (AvgIpc) is 2.49. The molecule has 0 heterocycles. The highest BCUT2D eigenvalue weighted by Crippen LogP contribution is 2.21. The van der Waals surface area contributed by atoms with E-state index in [-0.39, 0.29) is 18.4 Å². The van der Waals surface area contributed by atoms with Crippen LogP contribution >= 0.6 is 0 Å². The first-order valence-corrected chi connectivity index (χ1v) is 6.69. The van der Waals surface area contributed by atoms with Gasteiger partial charge in [-0.2, -0.15) is 0 Å². The number of carbonyl (C=O) groups excluding carboxylic acids is 2. The fourth-order valence-corrected chi connectivity index (χ4v) is 2.11. The van der Waals surface area contributed by atoms with Gasteiger partial charge in [0.1, 0.15) is 5.82 Å². The molecule has 0 saturated heterocycles. The summed E-state index contributed by atoms with van der Waals surface area (Å²) in [6.45, 7) is -0.0973. The molecule has 2 rings (SSSR count). The van der Waals surface area contributed by atoms with Crippen molar-refractivity contribution < 1.29 is 14.0 Å². The van der Waals surface area contributed by atoms with Crippen LogP contribution in [0.25, 0.3) is 0 Å². The second-order valence-corrected chi connectivity index (χ2v) is 4.69. The van der Waals surface area contributed by atoms with Crippen molar-refractivity contribution in [2.45, 2.75) is 6.04 Å². The van der Waals surface area contributed by atoms with Gasteiger partial charge in [-0.25, -0.2) is 9.18 Å². The molecule has 1 atom stereocenters. The Morgan fingerprint density at radius 1 is 1.00 bits per heavy atom. The van der Waals surface area contributed by atoms with E-state index in [1.54, 1.807) is 12.1 Å². The summed E-state index contributed by atoms with van der Waals surface area (Å²) in [4.78, 5) is 22.2. The summed E-state index contributed by atoms with van der Waals surface area (Å²) >= 11 is 0. The van der Waals surface area contributed by atoms with Gasteiger partial charge in [-0.1, -0.05) is 42.5 Å². The Balaban J connectivity index is 2.17. The third kappa shape index (κ3) is 4.39. The van der Waals surface area contributed by atoms with Crippen molar-refractivity contribution in [3.8, 4) is 0 Å². The number of imide groups is 1. The highest BCUT2D eigenvalue weighted by molar-refractivity contribution is 5.94. The molecule has 0 radical (unpaired) electrons. The van der Waals surface area contributed by atoms with Gasteiger partial charge in [0.2, 0.25) is 5.91 Å². The molecule has 0 saturated carbocycles. The van der Waals surface area contributed by atoms with E-state index in [0.717, 1.165) is 11.1 Å². The molecule has 114 valence electrons. The zero-order chi connectivity index (χ0) is 15.9. The highest BCUT2D eigenvalue weighted by atomic mass is 19.1. The zero-order valence-corrected chi connectivity index (χ0v) is 11.8. The maximum atomic E-state index is 13.1. The van der Waals surface area contributed by atoms with E-state index in [2.05, 4.69) is 5.32 Å². The third-order valence-corrected chi connectivity index (χ3v) is 3.07. The van der Waals surface area contributed by atoms with E-state index in [4.69, 9.17) is 5.73 Å². The second kappa shape index (κ2) is 7.33. The molecule has 0 aliphatic carbocycles. The monoisotopic (exact) mass is 301 g/mol. The molecule has 0 unspecified atom stereocenters. The first-order valence-electron chi connectivity index (χ1n) is 6.69. The lowest BCUT2D eigenvalue weighted by atomic mass is 9.98. The molecule has 4 N–H and O–H groups in total. The molecule has 22 heavy (non-hydrogen) atoms. The minimum atomic E-state index is -0.898. The van der Waals surface area contributed by atoms with Gasteiger partial charge in [0.15, 0.2) is 0 Å². The molecule has 0 bridgehead atoms. The van der Waals surface area contributed by atoms with E-state index < -0.39 is 11.9 Å². The SMILES string of the molecule is NC(=O)NC(=O)CN[C@@H](c1ccccc1)c1ccc(F)cc1. The number of benzene rings is 2. The first kappa shape index (κ1) is 15.7. The first-order chi connectivity index (χ1) is 10.6. The molecular formula is C16H16FN3O2. The fourth-order valence-electron chi connectivity index (χ4n) is 2.11. The van der Waals surface area contributed by atoms with Crippen LogP contribution in [0.3, 0.4) is 0 Å². The number of nitrogens with two attached hydrogens (primary N) is 1. The van der Waals surface area contributed by atoms with Crippen LogP contribution in [-0.4, -0.2) is 18.5 Å². The Labute approximate surface area is 127 Å². The number of hydrogen-bond donors (Lipinski definition) is 3. The normalized spacial score (nSPS) is 11.7. The topological polar surface area (TPSA) is 84.2 Å². The van der Waals surface area contributed by atoms with Crippen LogP contribution in [0, 0.1) is 5.82 Å². The maximum Gasteiger partial charge on any atom is 0.318 e.